The van der Waals surface area contributed by atoms with E-state index in [1.807, 2.05) is 12.1 Å². The zero-order valence-electron chi connectivity index (χ0n) is 18.3. The molecule has 1 aliphatic rings. The minimum atomic E-state index is -0.229. The van der Waals surface area contributed by atoms with Gasteiger partial charge in [0.2, 0.25) is 5.91 Å². The third-order valence-corrected chi connectivity index (χ3v) is 6.04. The van der Waals surface area contributed by atoms with Gasteiger partial charge in [0, 0.05) is 29.9 Å². The minimum Gasteiger partial charge on any atom is -0.354 e. The molecule has 1 saturated heterocycles. The standard InChI is InChI=1S/C25H27ClN4O2/c1-17(2)18-8-10-21(11-9-18)27-25(32)19-5-4-14-29(16-19)23-12-13-24(31)30(28-23)22-7-3-6-20(26)15-22/h3,6-13,15,17,19H,4-5,14,16H2,1-2H3,(H,27,32)/t19-/m1/s1. The molecule has 3 aromatic rings. The van der Waals surface area contributed by atoms with Gasteiger partial charge in [0.05, 0.1) is 11.6 Å². The molecule has 0 saturated carbocycles. The second kappa shape index (κ2) is 9.57. The van der Waals surface area contributed by atoms with Gasteiger partial charge in [-0.2, -0.15) is 4.68 Å². The number of carbonyl (C=O) groups is 1. The number of benzene rings is 2. The predicted molar refractivity (Wildman–Crippen MR) is 129 cm³/mol. The Morgan fingerprint density at radius 2 is 1.91 bits per heavy atom. The summed E-state index contributed by atoms with van der Waals surface area (Å²) in [4.78, 5) is 27.4. The number of piperidine rings is 1. The molecule has 6 nitrogen and oxygen atoms in total. The van der Waals surface area contributed by atoms with Gasteiger partial charge in [-0.1, -0.05) is 43.6 Å². The van der Waals surface area contributed by atoms with Crippen molar-refractivity contribution in [2.45, 2.75) is 32.6 Å². The molecule has 7 heteroatoms. The van der Waals surface area contributed by atoms with Crippen LogP contribution in [0.15, 0.2) is 65.5 Å². The lowest BCUT2D eigenvalue weighted by Gasteiger charge is -2.33. The highest BCUT2D eigenvalue weighted by atomic mass is 35.5. The van der Waals surface area contributed by atoms with Crippen LogP contribution in [0.25, 0.3) is 5.69 Å². The van der Waals surface area contributed by atoms with Gasteiger partial charge in [-0.25, -0.2) is 0 Å². The molecule has 0 bridgehead atoms. The van der Waals surface area contributed by atoms with E-state index in [9.17, 15) is 9.59 Å². The summed E-state index contributed by atoms with van der Waals surface area (Å²) in [5.41, 5.74) is 2.43. The number of nitrogens with zero attached hydrogens (tertiary/aromatic N) is 3. The van der Waals surface area contributed by atoms with Crippen molar-refractivity contribution in [3.8, 4) is 5.69 Å². The van der Waals surface area contributed by atoms with E-state index in [2.05, 4.69) is 41.3 Å². The molecule has 2 aromatic carbocycles. The smallest absolute Gasteiger partial charge is 0.271 e. The van der Waals surface area contributed by atoms with Gasteiger partial charge in [0.15, 0.2) is 0 Å². The fraction of sp³-hybridized carbons (Fsp3) is 0.320. The zero-order valence-corrected chi connectivity index (χ0v) is 19.0. The summed E-state index contributed by atoms with van der Waals surface area (Å²) in [5, 5.41) is 8.14. The number of carbonyl (C=O) groups excluding carboxylic acids is 1. The molecule has 0 unspecified atom stereocenters. The lowest BCUT2D eigenvalue weighted by atomic mass is 9.97. The van der Waals surface area contributed by atoms with Crippen LogP contribution in [0, 0.1) is 5.92 Å². The molecule has 1 N–H and O–H groups in total. The quantitative estimate of drug-likeness (QED) is 0.602. The summed E-state index contributed by atoms with van der Waals surface area (Å²) < 4.78 is 1.35. The van der Waals surface area contributed by atoms with Gasteiger partial charge in [0.1, 0.15) is 5.82 Å². The molecule has 0 spiro atoms. The number of amides is 1. The Kier molecular flexibility index (Phi) is 6.61. The lowest BCUT2D eigenvalue weighted by molar-refractivity contribution is -0.120. The number of rotatable bonds is 5. The molecule has 2 heterocycles. The zero-order chi connectivity index (χ0) is 22.7. The molecular weight excluding hydrogens is 424 g/mol. The average molecular weight is 451 g/mol. The van der Waals surface area contributed by atoms with E-state index < -0.39 is 0 Å². The van der Waals surface area contributed by atoms with Crippen LogP contribution in [0.1, 0.15) is 38.2 Å². The van der Waals surface area contributed by atoms with E-state index in [1.165, 1.54) is 16.3 Å². The first-order valence-corrected chi connectivity index (χ1v) is 11.3. The lowest BCUT2D eigenvalue weighted by Crippen LogP contribution is -2.41. The van der Waals surface area contributed by atoms with Crippen molar-refractivity contribution in [2.75, 3.05) is 23.3 Å². The van der Waals surface area contributed by atoms with Gasteiger partial charge in [-0.15, -0.1) is 5.10 Å². The normalized spacial score (nSPS) is 16.2. The number of hydrogen-bond acceptors (Lipinski definition) is 4. The Bertz CT molecular complexity index is 1160. The maximum absolute atomic E-state index is 12.9. The molecule has 1 amide bonds. The fourth-order valence-electron chi connectivity index (χ4n) is 3.96. The number of anilines is 2. The molecule has 1 aromatic heterocycles. The van der Waals surface area contributed by atoms with E-state index in [4.69, 9.17) is 11.6 Å². The molecule has 32 heavy (non-hydrogen) atoms. The molecule has 4 rings (SSSR count). The number of halogens is 1. The highest BCUT2D eigenvalue weighted by molar-refractivity contribution is 6.30. The largest absolute Gasteiger partial charge is 0.354 e. The van der Waals surface area contributed by atoms with Crippen LogP contribution in [0.3, 0.4) is 0 Å². The fourth-order valence-corrected chi connectivity index (χ4v) is 4.14. The van der Waals surface area contributed by atoms with Crippen molar-refractivity contribution in [3.05, 3.63) is 81.6 Å². The van der Waals surface area contributed by atoms with Crippen molar-refractivity contribution < 1.29 is 4.79 Å². The number of aromatic nitrogens is 2. The molecule has 166 valence electrons. The predicted octanol–water partition coefficient (Wildman–Crippen LogP) is 4.86. The second-order valence-electron chi connectivity index (χ2n) is 8.47. The van der Waals surface area contributed by atoms with Crippen LogP contribution in [0.5, 0.6) is 0 Å². The Hall–Kier alpha value is -3.12. The SMILES string of the molecule is CC(C)c1ccc(NC(=O)[C@@H]2CCCN(c3ccc(=O)n(-c4cccc(Cl)c4)n3)C2)cc1. The third kappa shape index (κ3) is 5.02. The minimum absolute atomic E-state index is 0.00941. The maximum Gasteiger partial charge on any atom is 0.271 e. The Morgan fingerprint density at radius 3 is 2.62 bits per heavy atom. The summed E-state index contributed by atoms with van der Waals surface area (Å²) in [5.74, 6) is 0.981. The first-order chi connectivity index (χ1) is 15.4. The van der Waals surface area contributed by atoms with Crippen molar-refractivity contribution in [1.82, 2.24) is 9.78 Å². The van der Waals surface area contributed by atoms with Crippen LogP contribution in [0.4, 0.5) is 11.5 Å². The van der Waals surface area contributed by atoms with E-state index in [1.54, 1.807) is 30.3 Å². The Morgan fingerprint density at radius 1 is 1.12 bits per heavy atom. The van der Waals surface area contributed by atoms with Crippen molar-refractivity contribution in [2.24, 2.45) is 5.92 Å². The van der Waals surface area contributed by atoms with Gasteiger partial charge in [-0.05, 0) is 60.7 Å². The molecule has 0 aliphatic carbocycles. The molecular formula is C25H27ClN4O2. The van der Waals surface area contributed by atoms with Crippen molar-refractivity contribution in [1.29, 1.82) is 0 Å². The van der Waals surface area contributed by atoms with Gasteiger partial charge >= 0.3 is 0 Å². The van der Waals surface area contributed by atoms with E-state index in [0.29, 0.717) is 29.0 Å². The van der Waals surface area contributed by atoms with Crippen LogP contribution in [0.2, 0.25) is 5.02 Å². The third-order valence-electron chi connectivity index (χ3n) is 5.80. The summed E-state index contributed by atoms with van der Waals surface area (Å²) in [6, 6.07) is 18.3. The highest BCUT2D eigenvalue weighted by Gasteiger charge is 2.27. The second-order valence-corrected chi connectivity index (χ2v) is 8.91. The Labute approximate surface area is 192 Å². The summed E-state index contributed by atoms with van der Waals surface area (Å²) in [6.45, 7) is 5.63. The summed E-state index contributed by atoms with van der Waals surface area (Å²) >= 11 is 6.08. The van der Waals surface area contributed by atoms with Gasteiger partial charge < -0.3 is 10.2 Å². The summed E-state index contributed by atoms with van der Waals surface area (Å²) in [7, 11) is 0. The number of hydrogen-bond donors (Lipinski definition) is 1. The number of nitrogens with one attached hydrogen (secondary N) is 1. The van der Waals surface area contributed by atoms with Crippen molar-refractivity contribution >= 4 is 29.0 Å². The van der Waals surface area contributed by atoms with Crippen LogP contribution in [-0.2, 0) is 4.79 Å². The van der Waals surface area contributed by atoms with E-state index >= 15 is 0 Å². The first kappa shape index (κ1) is 22.1. The maximum atomic E-state index is 12.9. The van der Waals surface area contributed by atoms with Crippen LogP contribution >= 0.6 is 11.6 Å². The van der Waals surface area contributed by atoms with Crippen LogP contribution < -0.4 is 15.8 Å². The van der Waals surface area contributed by atoms with Crippen molar-refractivity contribution in [3.63, 3.8) is 0 Å². The average Bonchev–Trinajstić information content (AvgIpc) is 2.80. The van der Waals surface area contributed by atoms with E-state index in [0.717, 1.165) is 25.1 Å². The highest BCUT2D eigenvalue weighted by Crippen LogP contribution is 2.24. The molecule has 0 radical (unpaired) electrons. The summed E-state index contributed by atoms with van der Waals surface area (Å²) in [6.07, 6.45) is 1.70. The molecule has 1 aliphatic heterocycles. The van der Waals surface area contributed by atoms with Crippen LogP contribution in [-0.4, -0.2) is 28.8 Å². The molecule has 1 fully saturated rings. The van der Waals surface area contributed by atoms with E-state index in [-0.39, 0.29) is 17.4 Å². The Balaban J connectivity index is 1.48. The van der Waals surface area contributed by atoms with Gasteiger partial charge in [-0.3, -0.25) is 9.59 Å². The molecule has 1 atom stereocenters. The first-order valence-electron chi connectivity index (χ1n) is 10.9. The topological polar surface area (TPSA) is 67.2 Å². The monoisotopic (exact) mass is 450 g/mol. The van der Waals surface area contributed by atoms with Gasteiger partial charge in [0.25, 0.3) is 5.56 Å².